The molecule has 5 heteroatoms. The second kappa shape index (κ2) is 5.21. The summed E-state index contributed by atoms with van der Waals surface area (Å²) >= 11 is 0. The normalized spacial score (nSPS) is 12.8. The molecule has 0 saturated carbocycles. The largest absolute Gasteiger partial charge is 0.489 e. The van der Waals surface area contributed by atoms with Crippen LogP contribution in [0.5, 0.6) is 5.75 Å². The van der Waals surface area contributed by atoms with E-state index in [1.165, 1.54) is 24.3 Å². The van der Waals surface area contributed by atoms with Crippen LogP contribution in [-0.4, -0.2) is 19.1 Å². The van der Waals surface area contributed by atoms with Crippen molar-refractivity contribution in [2.75, 3.05) is 23.8 Å². The Morgan fingerprint density at radius 1 is 1.20 bits per heavy atom. The molecular weight excluding hydrogens is 259 g/mol. The summed E-state index contributed by atoms with van der Waals surface area (Å²) in [5.74, 6) is -0.0665. The van der Waals surface area contributed by atoms with Gasteiger partial charge < -0.3 is 15.4 Å². The molecule has 0 aliphatic carbocycles. The van der Waals surface area contributed by atoms with Gasteiger partial charge in [0.1, 0.15) is 12.4 Å². The van der Waals surface area contributed by atoms with Crippen molar-refractivity contribution in [3.8, 4) is 5.75 Å². The number of fused-ring (bicyclic) bond motifs is 1. The van der Waals surface area contributed by atoms with Gasteiger partial charge in [-0.05, 0) is 36.4 Å². The fourth-order valence-electron chi connectivity index (χ4n) is 2.08. The predicted molar refractivity (Wildman–Crippen MR) is 74.8 cm³/mol. The molecule has 102 valence electrons. The van der Waals surface area contributed by atoms with E-state index < -0.39 is 0 Å². The lowest BCUT2D eigenvalue weighted by molar-refractivity contribution is 0.102. The third kappa shape index (κ3) is 2.42. The predicted octanol–water partition coefficient (Wildman–Crippen LogP) is 2.88. The van der Waals surface area contributed by atoms with Gasteiger partial charge in [0.25, 0.3) is 5.91 Å². The minimum atomic E-state index is -0.340. The topological polar surface area (TPSA) is 50.4 Å². The summed E-state index contributed by atoms with van der Waals surface area (Å²) in [6, 6.07) is 11.0. The highest BCUT2D eigenvalue weighted by atomic mass is 19.1. The van der Waals surface area contributed by atoms with Gasteiger partial charge in [0.05, 0.1) is 11.3 Å². The van der Waals surface area contributed by atoms with Crippen LogP contribution in [0.1, 0.15) is 10.4 Å². The standard InChI is InChI=1S/C15H13FN2O2/c16-10-4-6-11(7-5-10)18-15(19)12-2-1-3-13-14(12)20-9-8-17-13/h1-7,17H,8-9H2,(H,18,19). The highest BCUT2D eigenvalue weighted by Crippen LogP contribution is 2.31. The lowest BCUT2D eigenvalue weighted by Gasteiger charge is -2.21. The SMILES string of the molecule is O=C(Nc1ccc(F)cc1)c1cccc2c1OCCN2. The zero-order valence-corrected chi connectivity index (χ0v) is 10.7. The number of carbonyl (C=O) groups excluding carboxylic acids is 1. The van der Waals surface area contributed by atoms with Gasteiger partial charge in [-0.15, -0.1) is 0 Å². The van der Waals surface area contributed by atoms with Gasteiger partial charge in [-0.1, -0.05) is 6.07 Å². The van der Waals surface area contributed by atoms with E-state index in [0.29, 0.717) is 23.6 Å². The number of nitrogens with one attached hydrogen (secondary N) is 2. The summed E-state index contributed by atoms with van der Waals surface area (Å²) in [6.07, 6.45) is 0. The highest BCUT2D eigenvalue weighted by Gasteiger charge is 2.18. The van der Waals surface area contributed by atoms with E-state index in [2.05, 4.69) is 10.6 Å². The Kier molecular flexibility index (Phi) is 3.25. The Morgan fingerprint density at radius 3 is 2.80 bits per heavy atom. The number of hydrogen-bond donors (Lipinski definition) is 2. The summed E-state index contributed by atoms with van der Waals surface area (Å²) in [5.41, 5.74) is 1.81. The summed E-state index contributed by atoms with van der Waals surface area (Å²) in [7, 11) is 0. The second-order valence-electron chi connectivity index (χ2n) is 4.42. The first-order chi connectivity index (χ1) is 9.74. The number of benzene rings is 2. The van der Waals surface area contributed by atoms with E-state index in [0.717, 1.165) is 12.2 Å². The third-order valence-electron chi connectivity index (χ3n) is 3.03. The Morgan fingerprint density at radius 2 is 2.00 bits per heavy atom. The summed E-state index contributed by atoms with van der Waals surface area (Å²) in [5, 5.41) is 5.90. The maximum Gasteiger partial charge on any atom is 0.259 e. The van der Waals surface area contributed by atoms with Crippen molar-refractivity contribution < 1.29 is 13.9 Å². The van der Waals surface area contributed by atoms with Crippen LogP contribution in [-0.2, 0) is 0 Å². The van der Waals surface area contributed by atoms with Gasteiger partial charge in [-0.2, -0.15) is 0 Å². The van der Waals surface area contributed by atoms with Gasteiger partial charge >= 0.3 is 0 Å². The summed E-state index contributed by atoms with van der Waals surface area (Å²) < 4.78 is 18.4. The molecular formula is C15H13FN2O2. The smallest absolute Gasteiger partial charge is 0.259 e. The summed E-state index contributed by atoms with van der Waals surface area (Å²) in [4.78, 5) is 12.3. The van der Waals surface area contributed by atoms with Crippen molar-refractivity contribution >= 4 is 17.3 Å². The van der Waals surface area contributed by atoms with E-state index in [1.54, 1.807) is 12.1 Å². The molecule has 2 aromatic carbocycles. The van der Waals surface area contributed by atoms with E-state index in [1.807, 2.05) is 6.07 Å². The molecule has 0 radical (unpaired) electrons. The molecule has 0 bridgehead atoms. The molecule has 1 amide bonds. The summed E-state index contributed by atoms with van der Waals surface area (Å²) in [6.45, 7) is 1.24. The molecule has 2 N–H and O–H groups in total. The number of amides is 1. The van der Waals surface area contributed by atoms with E-state index in [-0.39, 0.29) is 11.7 Å². The van der Waals surface area contributed by atoms with Crippen LogP contribution < -0.4 is 15.4 Å². The van der Waals surface area contributed by atoms with Crippen LogP contribution in [0.2, 0.25) is 0 Å². The van der Waals surface area contributed by atoms with Crippen LogP contribution in [0.4, 0.5) is 15.8 Å². The first kappa shape index (κ1) is 12.5. The minimum absolute atomic E-state index is 0.280. The molecule has 0 fully saturated rings. The van der Waals surface area contributed by atoms with Gasteiger partial charge in [0.15, 0.2) is 5.75 Å². The van der Waals surface area contributed by atoms with Gasteiger partial charge in [-0.25, -0.2) is 4.39 Å². The molecule has 1 aliphatic rings. The van der Waals surface area contributed by atoms with Crippen LogP contribution in [0.15, 0.2) is 42.5 Å². The van der Waals surface area contributed by atoms with Crippen molar-refractivity contribution in [3.63, 3.8) is 0 Å². The number of rotatable bonds is 2. The second-order valence-corrected chi connectivity index (χ2v) is 4.42. The average molecular weight is 272 g/mol. The zero-order valence-electron chi connectivity index (χ0n) is 10.7. The Balaban J connectivity index is 1.85. The number of para-hydroxylation sites is 1. The fourth-order valence-corrected chi connectivity index (χ4v) is 2.08. The fraction of sp³-hybridized carbons (Fsp3) is 0.133. The highest BCUT2D eigenvalue weighted by molar-refractivity contribution is 6.07. The molecule has 3 rings (SSSR count). The Hall–Kier alpha value is -2.56. The lowest BCUT2D eigenvalue weighted by atomic mass is 10.1. The third-order valence-corrected chi connectivity index (χ3v) is 3.03. The van der Waals surface area contributed by atoms with Crippen molar-refractivity contribution in [3.05, 3.63) is 53.8 Å². The molecule has 0 saturated heterocycles. The minimum Gasteiger partial charge on any atom is -0.489 e. The Labute approximate surface area is 115 Å². The van der Waals surface area contributed by atoms with Gasteiger partial charge in [0, 0.05) is 12.2 Å². The van der Waals surface area contributed by atoms with Crippen molar-refractivity contribution in [2.45, 2.75) is 0 Å². The average Bonchev–Trinajstić information content (AvgIpc) is 2.49. The molecule has 0 unspecified atom stereocenters. The molecule has 4 nitrogen and oxygen atoms in total. The van der Waals surface area contributed by atoms with Gasteiger partial charge in [0.2, 0.25) is 0 Å². The number of ether oxygens (including phenoxy) is 1. The molecule has 2 aromatic rings. The van der Waals surface area contributed by atoms with E-state index in [4.69, 9.17) is 4.74 Å². The first-order valence-corrected chi connectivity index (χ1v) is 6.30. The van der Waals surface area contributed by atoms with Crippen LogP contribution >= 0.6 is 0 Å². The van der Waals surface area contributed by atoms with Gasteiger partial charge in [-0.3, -0.25) is 4.79 Å². The maximum atomic E-state index is 12.8. The number of anilines is 2. The monoisotopic (exact) mass is 272 g/mol. The van der Waals surface area contributed by atoms with Crippen LogP contribution in [0, 0.1) is 5.82 Å². The Bertz CT molecular complexity index is 641. The number of carbonyl (C=O) groups is 1. The van der Waals surface area contributed by atoms with Crippen molar-refractivity contribution in [2.24, 2.45) is 0 Å². The quantitative estimate of drug-likeness (QED) is 0.883. The molecule has 0 aromatic heterocycles. The molecule has 1 aliphatic heterocycles. The maximum absolute atomic E-state index is 12.8. The van der Waals surface area contributed by atoms with E-state index >= 15 is 0 Å². The lowest BCUT2D eigenvalue weighted by Crippen LogP contribution is -2.21. The molecule has 20 heavy (non-hydrogen) atoms. The number of hydrogen-bond acceptors (Lipinski definition) is 3. The van der Waals surface area contributed by atoms with E-state index in [9.17, 15) is 9.18 Å². The van der Waals surface area contributed by atoms with Crippen LogP contribution in [0.3, 0.4) is 0 Å². The molecule has 1 heterocycles. The molecule has 0 atom stereocenters. The number of halogens is 1. The van der Waals surface area contributed by atoms with Crippen LogP contribution in [0.25, 0.3) is 0 Å². The van der Waals surface area contributed by atoms with Crippen molar-refractivity contribution in [1.29, 1.82) is 0 Å². The van der Waals surface area contributed by atoms with Crippen molar-refractivity contribution in [1.82, 2.24) is 0 Å². The molecule has 0 spiro atoms. The first-order valence-electron chi connectivity index (χ1n) is 6.30. The zero-order chi connectivity index (χ0) is 13.9.